The van der Waals surface area contributed by atoms with Crippen LogP contribution < -0.4 is 11.1 Å². The average Bonchev–Trinajstić information content (AvgIpc) is 3.16. The number of nitrogens with one attached hydrogen (secondary N) is 1. The van der Waals surface area contributed by atoms with Crippen molar-refractivity contribution in [2.75, 3.05) is 25.4 Å². The van der Waals surface area contributed by atoms with E-state index in [9.17, 15) is 4.79 Å². The maximum absolute atomic E-state index is 12.0. The lowest BCUT2D eigenvalue weighted by molar-refractivity contribution is 0.0947. The van der Waals surface area contributed by atoms with Crippen molar-refractivity contribution in [3.63, 3.8) is 0 Å². The lowest BCUT2D eigenvalue weighted by Gasteiger charge is -2.15. The Kier molecular flexibility index (Phi) is 3.42. The zero-order chi connectivity index (χ0) is 13.2. The van der Waals surface area contributed by atoms with Gasteiger partial charge >= 0.3 is 0 Å². The Morgan fingerprint density at radius 3 is 2.68 bits per heavy atom. The van der Waals surface area contributed by atoms with Crippen molar-refractivity contribution in [1.29, 1.82) is 0 Å². The number of carbonyl (C=O) groups is 1. The van der Waals surface area contributed by atoms with Gasteiger partial charge in [0.1, 0.15) is 0 Å². The topological polar surface area (TPSA) is 58.4 Å². The number of nitrogen functional groups attached to an aromatic ring is 1. The van der Waals surface area contributed by atoms with Gasteiger partial charge in [0.25, 0.3) is 5.91 Å². The molecular weight excluding hydrogens is 238 g/mol. The minimum absolute atomic E-state index is 0.00451. The van der Waals surface area contributed by atoms with Crippen molar-refractivity contribution in [2.24, 2.45) is 5.92 Å². The minimum Gasteiger partial charge on any atom is -0.399 e. The predicted molar refractivity (Wildman–Crippen MR) is 75.9 cm³/mol. The van der Waals surface area contributed by atoms with Crippen LogP contribution in [0, 0.1) is 5.92 Å². The fourth-order valence-electron chi connectivity index (χ4n) is 2.77. The van der Waals surface area contributed by atoms with Crippen LogP contribution in [0.3, 0.4) is 0 Å². The molecular formula is C15H21N3O. The van der Waals surface area contributed by atoms with E-state index in [4.69, 9.17) is 5.73 Å². The Morgan fingerprint density at radius 1 is 1.26 bits per heavy atom. The van der Waals surface area contributed by atoms with E-state index in [0.29, 0.717) is 17.2 Å². The van der Waals surface area contributed by atoms with Crippen molar-refractivity contribution in [3.8, 4) is 0 Å². The van der Waals surface area contributed by atoms with Crippen LogP contribution in [-0.2, 0) is 0 Å². The zero-order valence-electron chi connectivity index (χ0n) is 11.1. The van der Waals surface area contributed by atoms with Crippen LogP contribution in [0.1, 0.15) is 29.6 Å². The van der Waals surface area contributed by atoms with E-state index >= 15 is 0 Å². The van der Waals surface area contributed by atoms with Gasteiger partial charge in [0.2, 0.25) is 0 Å². The van der Waals surface area contributed by atoms with Gasteiger partial charge in [0, 0.05) is 30.4 Å². The van der Waals surface area contributed by atoms with Crippen LogP contribution in [0.15, 0.2) is 24.3 Å². The fourth-order valence-corrected chi connectivity index (χ4v) is 2.77. The SMILES string of the molecule is Nc1ccc(C(=O)NCC2CCN(C3CC3)C2)cc1. The zero-order valence-corrected chi connectivity index (χ0v) is 11.1. The second-order valence-corrected chi connectivity index (χ2v) is 5.71. The molecule has 2 aliphatic rings. The highest BCUT2D eigenvalue weighted by Crippen LogP contribution is 2.31. The maximum Gasteiger partial charge on any atom is 0.251 e. The molecule has 1 unspecified atom stereocenters. The van der Waals surface area contributed by atoms with Crippen LogP contribution in [0.5, 0.6) is 0 Å². The summed E-state index contributed by atoms with van der Waals surface area (Å²) in [5.41, 5.74) is 6.99. The van der Waals surface area contributed by atoms with E-state index in [1.165, 1.54) is 25.8 Å². The van der Waals surface area contributed by atoms with Gasteiger partial charge in [0.15, 0.2) is 0 Å². The van der Waals surface area contributed by atoms with E-state index in [1.807, 2.05) is 0 Å². The number of nitrogens with two attached hydrogens (primary N) is 1. The van der Waals surface area contributed by atoms with Gasteiger partial charge < -0.3 is 16.0 Å². The molecule has 1 aromatic rings. The van der Waals surface area contributed by atoms with Crippen molar-refractivity contribution in [3.05, 3.63) is 29.8 Å². The van der Waals surface area contributed by atoms with E-state index in [2.05, 4.69) is 10.2 Å². The molecule has 0 spiro atoms. The van der Waals surface area contributed by atoms with E-state index in [-0.39, 0.29) is 5.91 Å². The van der Waals surface area contributed by atoms with Crippen LogP contribution in [0.4, 0.5) is 5.69 Å². The molecule has 102 valence electrons. The predicted octanol–water partition coefficient (Wildman–Crippen LogP) is 1.48. The molecule has 2 fully saturated rings. The summed E-state index contributed by atoms with van der Waals surface area (Å²) in [4.78, 5) is 14.5. The second kappa shape index (κ2) is 5.21. The van der Waals surface area contributed by atoms with E-state index < -0.39 is 0 Å². The minimum atomic E-state index is 0.00451. The molecule has 0 radical (unpaired) electrons. The Morgan fingerprint density at radius 2 is 2.00 bits per heavy atom. The first-order valence-electron chi connectivity index (χ1n) is 7.10. The summed E-state index contributed by atoms with van der Waals surface area (Å²) >= 11 is 0. The Labute approximate surface area is 114 Å². The first kappa shape index (κ1) is 12.5. The molecule has 1 aliphatic carbocycles. The Bertz CT molecular complexity index is 453. The standard InChI is InChI=1S/C15H21N3O/c16-13-3-1-12(2-4-13)15(19)17-9-11-7-8-18(10-11)14-5-6-14/h1-4,11,14H,5-10,16H2,(H,17,19). The molecule has 0 bridgehead atoms. The second-order valence-electron chi connectivity index (χ2n) is 5.71. The summed E-state index contributed by atoms with van der Waals surface area (Å²) in [6, 6.07) is 7.92. The molecule has 1 aliphatic heterocycles. The number of likely N-dealkylation sites (tertiary alicyclic amines) is 1. The molecule has 19 heavy (non-hydrogen) atoms. The number of hydrogen-bond acceptors (Lipinski definition) is 3. The van der Waals surface area contributed by atoms with Crippen LogP contribution >= 0.6 is 0 Å². The Hall–Kier alpha value is -1.55. The van der Waals surface area contributed by atoms with Crippen LogP contribution in [-0.4, -0.2) is 36.5 Å². The number of benzene rings is 1. The number of anilines is 1. The summed E-state index contributed by atoms with van der Waals surface area (Å²) in [6.07, 6.45) is 3.94. The van der Waals surface area contributed by atoms with Gasteiger partial charge in [0.05, 0.1) is 0 Å². The first-order valence-corrected chi connectivity index (χ1v) is 7.10. The van der Waals surface area contributed by atoms with Crippen molar-refractivity contribution in [2.45, 2.75) is 25.3 Å². The Balaban J connectivity index is 1.46. The van der Waals surface area contributed by atoms with Crippen molar-refractivity contribution >= 4 is 11.6 Å². The van der Waals surface area contributed by atoms with E-state index in [0.717, 1.165) is 19.1 Å². The molecule has 0 aromatic heterocycles. The smallest absolute Gasteiger partial charge is 0.251 e. The highest BCUT2D eigenvalue weighted by atomic mass is 16.1. The van der Waals surface area contributed by atoms with E-state index in [1.54, 1.807) is 24.3 Å². The highest BCUT2D eigenvalue weighted by molar-refractivity contribution is 5.94. The molecule has 4 nitrogen and oxygen atoms in total. The molecule has 3 rings (SSSR count). The fraction of sp³-hybridized carbons (Fsp3) is 0.533. The molecule has 1 saturated carbocycles. The van der Waals surface area contributed by atoms with Crippen molar-refractivity contribution < 1.29 is 4.79 Å². The summed E-state index contributed by atoms with van der Waals surface area (Å²) in [7, 11) is 0. The molecule has 1 atom stereocenters. The molecule has 1 aromatic carbocycles. The van der Waals surface area contributed by atoms with Crippen molar-refractivity contribution in [1.82, 2.24) is 10.2 Å². The lowest BCUT2D eigenvalue weighted by Crippen LogP contribution is -2.31. The number of rotatable bonds is 4. The summed E-state index contributed by atoms with van der Waals surface area (Å²) in [5.74, 6) is 0.614. The molecule has 1 heterocycles. The van der Waals surface area contributed by atoms with Gasteiger partial charge in [-0.1, -0.05) is 0 Å². The maximum atomic E-state index is 12.0. The lowest BCUT2D eigenvalue weighted by atomic mass is 10.1. The van der Waals surface area contributed by atoms with Gasteiger partial charge in [-0.25, -0.2) is 0 Å². The summed E-state index contributed by atoms with van der Waals surface area (Å²) in [6.45, 7) is 3.13. The first-order chi connectivity index (χ1) is 9.22. The molecule has 3 N–H and O–H groups in total. The average molecular weight is 259 g/mol. The third-order valence-corrected chi connectivity index (χ3v) is 4.10. The number of nitrogens with zero attached hydrogens (tertiary/aromatic N) is 1. The molecule has 1 amide bonds. The van der Waals surface area contributed by atoms with Gasteiger partial charge in [-0.3, -0.25) is 4.79 Å². The number of amides is 1. The number of carbonyl (C=O) groups excluding carboxylic acids is 1. The van der Waals surface area contributed by atoms with Gasteiger partial charge in [-0.15, -0.1) is 0 Å². The van der Waals surface area contributed by atoms with Crippen LogP contribution in [0.2, 0.25) is 0 Å². The number of hydrogen-bond donors (Lipinski definition) is 2. The summed E-state index contributed by atoms with van der Waals surface area (Å²) < 4.78 is 0. The highest BCUT2D eigenvalue weighted by Gasteiger charge is 2.34. The normalized spacial score (nSPS) is 23.5. The quantitative estimate of drug-likeness (QED) is 0.805. The van der Waals surface area contributed by atoms with Crippen LogP contribution in [0.25, 0.3) is 0 Å². The third kappa shape index (κ3) is 3.07. The van der Waals surface area contributed by atoms with Gasteiger partial charge in [-0.05, 0) is 56.0 Å². The third-order valence-electron chi connectivity index (χ3n) is 4.10. The molecule has 1 saturated heterocycles. The van der Waals surface area contributed by atoms with Gasteiger partial charge in [-0.2, -0.15) is 0 Å². The summed E-state index contributed by atoms with van der Waals surface area (Å²) in [5, 5.41) is 3.03. The monoisotopic (exact) mass is 259 g/mol. The molecule has 4 heteroatoms. The largest absolute Gasteiger partial charge is 0.399 e.